The molecule has 1 aromatic carbocycles. The van der Waals surface area contributed by atoms with Gasteiger partial charge >= 0.3 is 0 Å². The highest BCUT2D eigenvalue weighted by molar-refractivity contribution is 7.17. The molecule has 1 aliphatic heterocycles. The van der Waals surface area contributed by atoms with Crippen molar-refractivity contribution < 1.29 is 4.90 Å². The van der Waals surface area contributed by atoms with Crippen molar-refractivity contribution in [3.63, 3.8) is 0 Å². The van der Waals surface area contributed by atoms with Gasteiger partial charge in [0.2, 0.25) is 0 Å². The molecule has 6 heteroatoms. The van der Waals surface area contributed by atoms with Crippen LogP contribution in [0.4, 0.5) is 0 Å². The second kappa shape index (κ2) is 6.71. The van der Waals surface area contributed by atoms with E-state index in [1.54, 1.807) is 11.3 Å². The Labute approximate surface area is 165 Å². The highest BCUT2D eigenvalue weighted by Crippen LogP contribution is 2.30. The van der Waals surface area contributed by atoms with Crippen molar-refractivity contribution in [1.82, 2.24) is 9.97 Å². The second-order valence-corrected chi connectivity index (χ2v) is 8.92. The fourth-order valence-electron chi connectivity index (χ4n) is 4.01. The molecule has 2 N–H and O–H groups in total. The first-order valence-electron chi connectivity index (χ1n) is 9.17. The van der Waals surface area contributed by atoms with E-state index in [1.165, 1.54) is 15.3 Å². The summed E-state index contributed by atoms with van der Waals surface area (Å²) in [6, 6.07) is 12.7. The number of aromatic amines is 1. The number of H-pyrrole nitrogens is 1. The first-order valence-corrected chi connectivity index (χ1v) is 10.9. The van der Waals surface area contributed by atoms with E-state index in [-0.39, 0.29) is 5.56 Å². The van der Waals surface area contributed by atoms with Crippen LogP contribution < -0.4 is 10.5 Å². The summed E-state index contributed by atoms with van der Waals surface area (Å²) in [7, 11) is 0. The number of benzene rings is 1. The zero-order valence-electron chi connectivity index (χ0n) is 15.0. The van der Waals surface area contributed by atoms with Gasteiger partial charge in [-0.25, -0.2) is 4.98 Å². The predicted molar refractivity (Wildman–Crippen MR) is 112 cm³/mol. The summed E-state index contributed by atoms with van der Waals surface area (Å²) < 4.78 is 0. The van der Waals surface area contributed by atoms with E-state index in [1.807, 2.05) is 47.0 Å². The number of nitrogens with one attached hydrogen (secondary N) is 2. The van der Waals surface area contributed by atoms with Crippen LogP contribution in [-0.2, 0) is 13.0 Å². The van der Waals surface area contributed by atoms with Crippen LogP contribution in [0.25, 0.3) is 21.3 Å². The van der Waals surface area contributed by atoms with Gasteiger partial charge in [0.1, 0.15) is 17.4 Å². The van der Waals surface area contributed by atoms with E-state index >= 15 is 0 Å². The van der Waals surface area contributed by atoms with Crippen molar-refractivity contribution in [2.24, 2.45) is 0 Å². The van der Waals surface area contributed by atoms with Gasteiger partial charge in [0.25, 0.3) is 5.56 Å². The molecule has 0 saturated heterocycles. The summed E-state index contributed by atoms with van der Waals surface area (Å²) in [4.78, 5) is 24.5. The monoisotopic (exact) mass is 394 g/mol. The summed E-state index contributed by atoms with van der Waals surface area (Å²) in [5.41, 5.74) is 3.45. The molecule has 0 bridgehead atoms. The summed E-state index contributed by atoms with van der Waals surface area (Å²) in [6.07, 6.45) is 1.11. The Kier molecular flexibility index (Phi) is 4.19. The third-order valence-corrected chi connectivity index (χ3v) is 7.37. The minimum absolute atomic E-state index is 0.0320. The number of nitrogens with zero attached hydrogens (tertiary/aromatic N) is 1. The molecule has 4 aromatic rings. The zero-order valence-corrected chi connectivity index (χ0v) is 16.6. The number of hydrogen-bond acceptors (Lipinski definition) is 4. The SMILES string of the molecule is C[C@H]1c2ccsc2CC[NH+]1Cc1nc2scc(-c3ccccc3)c2c(=O)[nH]1. The number of hydrogen-bond donors (Lipinski definition) is 2. The van der Waals surface area contributed by atoms with Crippen molar-refractivity contribution in [2.75, 3.05) is 6.54 Å². The summed E-state index contributed by atoms with van der Waals surface area (Å²) >= 11 is 3.41. The Morgan fingerprint density at radius 3 is 2.93 bits per heavy atom. The molecule has 0 spiro atoms. The molecule has 0 amide bonds. The molecule has 27 heavy (non-hydrogen) atoms. The lowest BCUT2D eigenvalue weighted by atomic mass is 10.0. The van der Waals surface area contributed by atoms with E-state index in [4.69, 9.17) is 4.98 Å². The number of thiophene rings is 2. The van der Waals surface area contributed by atoms with Gasteiger partial charge in [-0.1, -0.05) is 30.3 Å². The first kappa shape index (κ1) is 16.9. The molecule has 1 unspecified atom stereocenters. The lowest BCUT2D eigenvalue weighted by molar-refractivity contribution is -0.945. The lowest BCUT2D eigenvalue weighted by Gasteiger charge is -2.30. The molecular formula is C21H20N3OS2+. The van der Waals surface area contributed by atoms with Crippen LogP contribution in [0, 0.1) is 0 Å². The highest BCUT2D eigenvalue weighted by atomic mass is 32.1. The van der Waals surface area contributed by atoms with Gasteiger partial charge in [-0.05, 0) is 23.9 Å². The fraction of sp³-hybridized carbons (Fsp3) is 0.238. The van der Waals surface area contributed by atoms with Crippen LogP contribution in [-0.4, -0.2) is 16.5 Å². The Balaban J connectivity index is 1.48. The normalized spacial score (nSPS) is 19.3. The van der Waals surface area contributed by atoms with E-state index in [0.29, 0.717) is 11.4 Å². The highest BCUT2D eigenvalue weighted by Gasteiger charge is 2.29. The molecule has 0 radical (unpaired) electrons. The van der Waals surface area contributed by atoms with Gasteiger partial charge in [-0.15, -0.1) is 22.7 Å². The van der Waals surface area contributed by atoms with Gasteiger partial charge in [0.15, 0.2) is 5.82 Å². The second-order valence-electron chi connectivity index (χ2n) is 7.06. The maximum absolute atomic E-state index is 12.8. The van der Waals surface area contributed by atoms with E-state index in [2.05, 4.69) is 23.4 Å². The minimum Gasteiger partial charge on any atom is -0.322 e. The minimum atomic E-state index is -0.0320. The van der Waals surface area contributed by atoms with Gasteiger partial charge < -0.3 is 9.88 Å². The number of quaternary nitrogens is 1. The number of aromatic nitrogens is 2. The van der Waals surface area contributed by atoms with E-state index in [9.17, 15) is 4.79 Å². The van der Waals surface area contributed by atoms with Crippen LogP contribution in [0.5, 0.6) is 0 Å². The van der Waals surface area contributed by atoms with Gasteiger partial charge in [0, 0.05) is 27.8 Å². The fourth-order valence-corrected chi connectivity index (χ4v) is 5.96. The number of rotatable bonds is 3. The van der Waals surface area contributed by atoms with Crippen LogP contribution in [0.3, 0.4) is 0 Å². The molecule has 1 aliphatic rings. The molecule has 2 atom stereocenters. The molecule has 5 rings (SSSR count). The molecule has 3 aromatic heterocycles. The predicted octanol–water partition coefficient (Wildman–Crippen LogP) is 3.42. The smallest absolute Gasteiger partial charge is 0.260 e. The standard InChI is InChI=1S/C21H19N3OS2/c1-13-15-8-10-26-17(15)7-9-24(13)11-18-22-20(25)19-16(12-27-21(19)23-18)14-5-3-2-4-6-14/h2-6,8,10,12-13H,7,9,11H2,1H3,(H,22,23,25)/p+1/t13-/m0/s1. The van der Waals surface area contributed by atoms with Crippen molar-refractivity contribution in [1.29, 1.82) is 0 Å². The van der Waals surface area contributed by atoms with Crippen LogP contribution in [0.2, 0.25) is 0 Å². The van der Waals surface area contributed by atoms with Gasteiger partial charge in [-0.3, -0.25) is 4.79 Å². The Morgan fingerprint density at radius 1 is 1.22 bits per heavy atom. The lowest BCUT2D eigenvalue weighted by Crippen LogP contribution is -3.11. The maximum Gasteiger partial charge on any atom is 0.260 e. The molecule has 0 fully saturated rings. The van der Waals surface area contributed by atoms with Gasteiger partial charge in [-0.2, -0.15) is 0 Å². The average molecular weight is 395 g/mol. The molecular weight excluding hydrogens is 374 g/mol. The van der Waals surface area contributed by atoms with E-state index in [0.717, 1.165) is 41.3 Å². The molecule has 4 heterocycles. The maximum atomic E-state index is 12.8. The third-order valence-electron chi connectivity index (χ3n) is 5.50. The van der Waals surface area contributed by atoms with Crippen molar-refractivity contribution in [3.8, 4) is 11.1 Å². The zero-order chi connectivity index (χ0) is 18.4. The summed E-state index contributed by atoms with van der Waals surface area (Å²) in [5, 5.41) is 4.93. The van der Waals surface area contributed by atoms with Crippen molar-refractivity contribution in [3.05, 3.63) is 73.8 Å². The Hall–Kier alpha value is -2.28. The Bertz CT molecular complexity index is 1160. The van der Waals surface area contributed by atoms with Gasteiger partial charge in [0.05, 0.1) is 11.9 Å². The Morgan fingerprint density at radius 2 is 2.07 bits per heavy atom. The van der Waals surface area contributed by atoms with E-state index < -0.39 is 0 Å². The largest absolute Gasteiger partial charge is 0.322 e. The first-order chi connectivity index (χ1) is 13.2. The molecule has 4 nitrogen and oxygen atoms in total. The number of fused-ring (bicyclic) bond motifs is 2. The summed E-state index contributed by atoms with van der Waals surface area (Å²) in [5.74, 6) is 0.787. The van der Waals surface area contributed by atoms with Crippen molar-refractivity contribution >= 4 is 32.9 Å². The topological polar surface area (TPSA) is 50.2 Å². The average Bonchev–Trinajstić information content (AvgIpc) is 3.32. The van der Waals surface area contributed by atoms with Crippen LogP contribution in [0.1, 0.15) is 29.2 Å². The third kappa shape index (κ3) is 2.94. The quantitative estimate of drug-likeness (QED) is 0.559. The summed E-state index contributed by atoms with van der Waals surface area (Å²) in [6.45, 7) is 4.10. The van der Waals surface area contributed by atoms with Crippen LogP contribution in [0.15, 0.2) is 52.0 Å². The van der Waals surface area contributed by atoms with Crippen LogP contribution >= 0.6 is 22.7 Å². The van der Waals surface area contributed by atoms with Crippen molar-refractivity contribution in [2.45, 2.75) is 25.9 Å². The molecule has 0 saturated carbocycles. The molecule has 0 aliphatic carbocycles. The molecule has 136 valence electrons.